The van der Waals surface area contributed by atoms with Crippen molar-refractivity contribution in [3.8, 4) is 0 Å². The predicted octanol–water partition coefficient (Wildman–Crippen LogP) is 2.06. The number of hydrogen-bond acceptors (Lipinski definition) is 4. The molecule has 1 aromatic carbocycles. The predicted molar refractivity (Wildman–Crippen MR) is 121 cm³/mol. The standard InChI is InChI=1S/C22H36N4O3S/c1-4-23-21(24-18-22(10-11-22)20-8-6-5-7-9-20)25-12-14-26(15-13-25)30(27,28)17-16-29-19(2)3/h5-9,19H,4,10-18H2,1-3H3,(H,23,24). The van der Waals surface area contributed by atoms with E-state index in [2.05, 4.69) is 47.5 Å². The maximum atomic E-state index is 12.6. The van der Waals surface area contributed by atoms with Crippen molar-refractivity contribution < 1.29 is 13.2 Å². The zero-order chi connectivity index (χ0) is 21.6. The molecule has 0 spiro atoms. The number of hydrogen-bond donors (Lipinski definition) is 1. The molecule has 3 rings (SSSR count). The second-order valence-electron chi connectivity index (χ2n) is 8.44. The fourth-order valence-corrected chi connectivity index (χ4v) is 5.11. The van der Waals surface area contributed by atoms with Gasteiger partial charge in [0.05, 0.1) is 25.0 Å². The Morgan fingerprint density at radius 1 is 1.17 bits per heavy atom. The first-order valence-electron chi connectivity index (χ1n) is 11.0. The number of guanidine groups is 1. The van der Waals surface area contributed by atoms with Crippen molar-refractivity contribution in [1.29, 1.82) is 0 Å². The lowest BCUT2D eigenvalue weighted by Crippen LogP contribution is -2.54. The number of nitrogens with one attached hydrogen (secondary N) is 1. The third kappa shape index (κ3) is 5.95. The largest absolute Gasteiger partial charge is 0.378 e. The van der Waals surface area contributed by atoms with Gasteiger partial charge in [-0.3, -0.25) is 4.99 Å². The van der Waals surface area contributed by atoms with E-state index in [1.54, 1.807) is 4.31 Å². The number of nitrogens with zero attached hydrogens (tertiary/aromatic N) is 3. The van der Waals surface area contributed by atoms with Gasteiger partial charge < -0.3 is 15.0 Å². The van der Waals surface area contributed by atoms with Crippen molar-refractivity contribution in [2.24, 2.45) is 4.99 Å². The third-order valence-electron chi connectivity index (χ3n) is 5.83. The van der Waals surface area contributed by atoms with Crippen LogP contribution in [0.3, 0.4) is 0 Å². The molecule has 1 aliphatic carbocycles. The summed E-state index contributed by atoms with van der Waals surface area (Å²) in [7, 11) is -3.28. The van der Waals surface area contributed by atoms with Crippen LogP contribution >= 0.6 is 0 Å². The fourth-order valence-electron chi connectivity index (χ4n) is 3.83. The number of sulfonamides is 1. The van der Waals surface area contributed by atoms with Crippen LogP contribution < -0.4 is 5.32 Å². The van der Waals surface area contributed by atoms with Gasteiger partial charge in [-0.15, -0.1) is 0 Å². The lowest BCUT2D eigenvalue weighted by atomic mass is 9.96. The van der Waals surface area contributed by atoms with Crippen molar-refractivity contribution in [1.82, 2.24) is 14.5 Å². The van der Waals surface area contributed by atoms with E-state index in [-0.39, 0.29) is 23.9 Å². The molecule has 1 heterocycles. The Morgan fingerprint density at radius 2 is 1.83 bits per heavy atom. The van der Waals surface area contributed by atoms with Crippen LogP contribution in [0.25, 0.3) is 0 Å². The van der Waals surface area contributed by atoms with E-state index in [9.17, 15) is 8.42 Å². The third-order valence-corrected chi connectivity index (χ3v) is 7.66. The van der Waals surface area contributed by atoms with Crippen LogP contribution in [0.4, 0.5) is 0 Å². The molecule has 0 bridgehead atoms. The summed E-state index contributed by atoms with van der Waals surface area (Å²) in [5.74, 6) is 0.929. The van der Waals surface area contributed by atoms with Crippen LogP contribution in [0, 0.1) is 0 Å². The van der Waals surface area contributed by atoms with Gasteiger partial charge in [0, 0.05) is 38.1 Å². The molecule has 1 N–H and O–H groups in total. The molecule has 168 valence electrons. The zero-order valence-electron chi connectivity index (χ0n) is 18.5. The minimum Gasteiger partial charge on any atom is -0.378 e. The fraction of sp³-hybridized carbons (Fsp3) is 0.682. The first-order valence-corrected chi connectivity index (χ1v) is 12.7. The average molecular weight is 437 g/mol. The molecule has 0 aromatic heterocycles. The van der Waals surface area contributed by atoms with Crippen molar-refractivity contribution >= 4 is 16.0 Å². The Kier molecular flexibility index (Phi) is 7.76. The molecular formula is C22H36N4O3S. The number of rotatable bonds is 9. The quantitative estimate of drug-likeness (QED) is 0.474. The second-order valence-corrected chi connectivity index (χ2v) is 10.5. The van der Waals surface area contributed by atoms with Crippen LogP contribution in [0.15, 0.2) is 35.3 Å². The molecule has 1 saturated heterocycles. The molecule has 0 unspecified atom stereocenters. The van der Waals surface area contributed by atoms with Gasteiger partial charge in [-0.1, -0.05) is 30.3 Å². The van der Waals surface area contributed by atoms with Gasteiger partial charge in [0.25, 0.3) is 0 Å². The maximum absolute atomic E-state index is 12.6. The lowest BCUT2D eigenvalue weighted by Gasteiger charge is -2.36. The van der Waals surface area contributed by atoms with Crippen molar-refractivity contribution in [2.75, 3.05) is 51.6 Å². The normalized spacial score (nSPS) is 19.9. The molecule has 1 saturated carbocycles. The van der Waals surface area contributed by atoms with Crippen LogP contribution in [0.1, 0.15) is 39.2 Å². The number of ether oxygens (including phenoxy) is 1. The first-order chi connectivity index (χ1) is 14.4. The molecule has 30 heavy (non-hydrogen) atoms. The highest BCUT2D eigenvalue weighted by Crippen LogP contribution is 2.48. The van der Waals surface area contributed by atoms with Crippen molar-refractivity contribution in [3.63, 3.8) is 0 Å². The highest BCUT2D eigenvalue weighted by molar-refractivity contribution is 7.89. The van der Waals surface area contributed by atoms with Crippen molar-refractivity contribution in [3.05, 3.63) is 35.9 Å². The molecule has 1 aromatic rings. The first kappa shape index (κ1) is 23.0. The minimum atomic E-state index is -3.28. The Bertz CT molecular complexity index is 799. The summed E-state index contributed by atoms with van der Waals surface area (Å²) in [4.78, 5) is 7.13. The smallest absolute Gasteiger partial charge is 0.216 e. The number of benzene rings is 1. The number of piperazine rings is 1. The molecule has 0 amide bonds. The Hall–Kier alpha value is -1.64. The maximum Gasteiger partial charge on any atom is 0.216 e. The summed E-state index contributed by atoms with van der Waals surface area (Å²) in [6.07, 6.45) is 2.39. The van der Waals surface area contributed by atoms with Gasteiger partial charge in [-0.25, -0.2) is 8.42 Å². The van der Waals surface area contributed by atoms with Crippen LogP contribution in [0.2, 0.25) is 0 Å². The minimum absolute atomic E-state index is 0.0406. The van der Waals surface area contributed by atoms with Crippen molar-refractivity contribution in [2.45, 2.75) is 45.1 Å². The summed E-state index contributed by atoms with van der Waals surface area (Å²) in [5, 5.41) is 3.39. The van der Waals surface area contributed by atoms with Gasteiger partial charge in [-0.2, -0.15) is 4.31 Å². The van der Waals surface area contributed by atoms with Crippen LogP contribution in [0.5, 0.6) is 0 Å². The Labute approximate surface area is 181 Å². The molecule has 1 aliphatic heterocycles. The Morgan fingerprint density at radius 3 is 2.40 bits per heavy atom. The molecule has 0 atom stereocenters. The highest BCUT2D eigenvalue weighted by atomic mass is 32.2. The molecule has 2 fully saturated rings. The van der Waals surface area contributed by atoms with E-state index in [4.69, 9.17) is 9.73 Å². The molecule has 0 radical (unpaired) electrons. The van der Waals surface area contributed by atoms with Gasteiger partial charge in [-0.05, 0) is 39.2 Å². The summed E-state index contributed by atoms with van der Waals surface area (Å²) in [6.45, 7) is 9.96. The van der Waals surface area contributed by atoms with Gasteiger partial charge in [0.2, 0.25) is 10.0 Å². The number of aliphatic imine (C=N–C) groups is 1. The molecule has 8 heteroatoms. The summed E-state index contributed by atoms with van der Waals surface area (Å²) < 4.78 is 32.2. The van der Waals surface area contributed by atoms with Gasteiger partial charge in [0.15, 0.2) is 5.96 Å². The average Bonchev–Trinajstić information content (AvgIpc) is 3.53. The van der Waals surface area contributed by atoms with E-state index in [1.165, 1.54) is 18.4 Å². The molecule has 7 nitrogen and oxygen atoms in total. The summed E-state index contributed by atoms with van der Waals surface area (Å²) in [6, 6.07) is 10.6. The van der Waals surface area contributed by atoms with E-state index in [0.29, 0.717) is 26.2 Å². The monoisotopic (exact) mass is 436 g/mol. The second kappa shape index (κ2) is 10.1. The topological polar surface area (TPSA) is 74.2 Å². The van der Waals surface area contributed by atoms with Crippen LogP contribution in [-0.4, -0.2) is 81.3 Å². The summed E-state index contributed by atoms with van der Waals surface area (Å²) in [5.41, 5.74) is 1.54. The zero-order valence-corrected chi connectivity index (χ0v) is 19.3. The van der Waals surface area contributed by atoms with E-state index in [1.807, 2.05) is 13.8 Å². The summed E-state index contributed by atoms with van der Waals surface area (Å²) >= 11 is 0. The van der Waals surface area contributed by atoms with Gasteiger partial charge in [0.1, 0.15) is 0 Å². The molecular weight excluding hydrogens is 400 g/mol. The molecule has 2 aliphatic rings. The Balaban J connectivity index is 1.57. The van der Waals surface area contributed by atoms with E-state index in [0.717, 1.165) is 19.0 Å². The SMILES string of the molecule is CCNC(=NCC1(c2ccccc2)CC1)N1CCN(S(=O)(=O)CCOC(C)C)CC1. The highest BCUT2D eigenvalue weighted by Gasteiger charge is 2.44. The van der Waals surface area contributed by atoms with Gasteiger partial charge >= 0.3 is 0 Å². The lowest BCUT2D eigenvalue weighted by molar-refractivity contribution is 0.0904. The van der Waals surface area contributed by atoms with E-state index < -0.39 is 10.0 Å². The van der Waals surface area contributed by atoms with E-state index >= 15 is 0 Å². The van der Waals surface area contributed by atoms with Crippen LogP contribution in [-0.2, 0) is 20.2 Å².